The first-order chi connectivity index (χ1) is 18.1. The van der Waals surface area contributed by atoms with Crippen molar-refractivity contribution in [2.45, 2.75) is 45.1 Å². The number of hydrogen-bond donors (Lipinski definition) is 2. The molecule has 0 bridgehead atoms. The molecule has 3 amide bonds. The van der Waals surface area contributed by atoms with Gasteiger partial charge in [-0.2, -0.15) is 5.26 Å². The number of carbonyl (C=O) groups is 3. The molecular formula is C26H31N7O4. The molecule has 0 aliphatic carbocycles. The smallest absolute Gasteiger partial charge is 0.328 e. The Morgan fingerprint density at radius 2 is 1.89 bits per heavy atom. The fourth-order valence-electron chi connectivity index (χ4n) is 5.06. The quantitative estimate of drug-likeness (QED) is 0.590. The molecule has 194 valence electrons. The molecule has 0 aromatic carbocycles. The minimum atomic E-state index is -0.387. The highest BCUT2D eigenvalue weighted by molar-refractivity contribution is 6.02. The number of urea groups is 1. The second-order valence-electron chi connectivity index (χ2n) is 9.13. The molecule has 11 heteroatoms. The zero-order chi connectivity index (χ0) is 26.4. The average Bonchev–Trinajstić information content (AvgIpc) is 3.61. The van der Waals surface area contributed by atoms with E-state index in [-0.39, 0.29) is 17.6 Å². The predicted octanol–water partition coefficient (Wildman–Crippen LogP) is 2.48. The highest BCUT2D eigenvalue weighted by Gasteiger charge is 2.28. The number of nitriles is 1. The molecule has 5 heterocycles. The molecule has 0 radical (unpaired) electrons. The summed E-state index contributed by atoms with van der Waals surface area (Å²) in [7, 11) is 1.00. The zero-order valence-electron chi connectivity index (χ0n) is 20.9. The van der Waals surface area contributed by atoms with Gasteiger partial charge in [-0.1, -0.05) is 0 Å². The van der Waals surface area contributed by atoms with Gasteiger partial charge < -0.3 is 14.9 Å². The highest BCUT2D eigenvalue weighted by Crippen LogP contribution is 2.30. The zero-order valence-corrected chi connectivity index (χ0v) is 20.9. The molecule has 2 fully saturated rings. The summed E-state index contributed by atoms with van der Waals surface area (Å²) in [4.78, 5) is 51.4. The van der Waals surface area contributed by atoms with Gasteiger partial charge in [0.15, 0.2) is 6.29 Å². The molecule has 3 aliphatic heterocycles. The summed E-state index contributed by atoms with van der Waals surface area (Å²) in [6.07, 6.45) is 7.16. The number of aldehydes is 1. The van der Waals surface area contributed by atoms with E-state index in [1.54, 1.807) is 11.0 Å². The summed E-state index contributed by atoms with van der Waals surface area (Å²) in [5, 5.41) is 19.3. The standard InChI is InChI=1S/C25H27N7O3.CH4O/c26-13-19-14-27-22(12-21(19)30-7-1-2-8-30)29-25(35)32-10-3-5-17-11-18(20(16-33)28-24(17)32)15-31-9-4-6-23(31)34;1-2/h11-12,14,16H,1-10,15H2,(H,27,29,35);2H,1H3. The van der Waals surface area contributed by atoms with Crippen molar-refractivity contribution in [3.8, 4) is 6.07 Å². The number of pyridine rings is 2. The fraction of sp³-hybridized carbons (Fsp3) is 0.462. The summed E-state index contributed by atoms with van der Waals surface area (Å²) in [6.45, 7) is 3.24. The monoisotopic (exact) mass is 505 g/mol. The second-order valence-corrected chi connectivity index (χ2v) is 9.13. The van der Waals surface area contributed by atoms with Crippen LogP contribution in [-0.2, 0) is 17.8 Å². The summed E-state index contributed by atoms with van der Waals surface area (Å²) < 4.78 is 0. The third-order valence-electron chi connectivity index (χ3n) is 6.85. The maximum atomic E-state index is 13.2. The van der Waals surface area contributed by atoms with E-state index in [1.807, 2.05) is 6.07 Å². The van der Waals surface area contributed by atoms with Gasteiger partial charge in [0.2, 0.25) is 5.91 Å². The van der Waals surface area contributed by atoms with E-state index >= 15 is 0 Å². The van der Waals surface area contributed by atoms with Crippen LogP contribution in [0.3, 0.4) is 0 Å². The van der Waals surface area contributed by atoms with Crippen LogP contribution in [0, 0.1) is 11.3 Å². The van der Waals surface area contributed by atoms with Crippen molar-refractivity contribution >= 4 is 35.5 Å². The summed E-state index contributed by atoms with van der Waals surface area (Å²) >= 11 is 0. The van der Waals surface area contributed by atoms with Crippen molar-refractivity contribution < 1.29 is 19.5 Å². The average molecular weight is 506 g/mol. The van der Waals surface area contributed by atoms with Crippen LogP contribution in [0.2, 0.25) is 0 Å². The number of anilines is 3. The van der Waals surface area contributed by atoms with Crippen LogP contribution in [0.1, 0.15) is 59.3 Å². The fourth-order valence-corrected chi connectivity index (χ4v) is 5.06. The minimum absolute atomic E-state index is 0.0868. The summed E-state index contributed by atoms with van der Waals surface area (Å²) in [6, 6.07) is 5.44. The van der Waals surface area contributed by atoms with E-state index in [9.17, 15) is 19.6 Å². The number of hydrogen-bond acceptors (Lipinski definition) is 8. The third-order valence-corrected chi connectivity index (χ3v) is 6.85. The molecule has 2 aromatic rings. The number of aliphatic hydroxyl groups is 1. The van der Waals surface area contributed by atoms with E-state index in [4.69, 9.17) is 5.11 Å². The van der Waals surface area contributed by atoms with Crippen LogP contribution >= 0.6 is 0 Å². The van der Waals surface area contributed by atoms with Crippen molar-refractivity contribution in [1.29, 1.82) is 5.26 Å². The van der Waals surface area contributed by atoms with E-state index in [2.05, 4.69) is 26.3 Å². The van der Waals surface area contributed by atoms with Gasteiger partial charge in [-0.25, -0.2) is 14.8 Å². The number of fused-ring (bicyclic) bond motifs is 1. The van der Waals surface area contributed by atoms with E-state index < -0.39 is 0 Å². The molecule has 3 aliphatic rings. The summed E-state index contributed by atoms with van der Waals surface area (Å²) in [5.74, 6) is 0.910. The number of likely N-dealkylation sites (tertiary alicyclic amines) is 1. The number of amides is 3. The van der Waals surface area contributed by atoms with Crippen LogP contribution < -0.4 is 15.1 Å². The molecule has 0 atom stereocenters. The lowest BCUT2D eigenvalue weighted by Gasteiger charge is -2.29. The lowest BCUT2D eigenvalue weighted by molar-refractivity contribution is -0.128. The molecule has 0 unspecified atom stereocenters. The number of aliphatic hydroxyl groups excluding tert-OH is 1. The number of aromatic nitrogens is 2. The number of nitrogens with one attached hydrogen (secondary N) is 1. The maximum Gasteiger partial charge on any atom is 0.328 e. The molecule has 37 heavy (non-hydrogen) atoms. The third kappa shape index (κ3) is 5.54. The van der Waals surface area contributed by atoms with Gasteiger partial charge in [0.05, 0.1) is 11.3 Å². The first-order valence-electron chi connectivity index (χ1n) is 12.5. The SMILES string of the molecule is CO.N#Cc1cnc(NC(=O)N2CCCc3cc(CN4CCCC4=O)c(C=O)nc32)cc1N1CCCC1. The Bertz CT molecular complexity index is 1220. The van der Waals surface area contributed by atoms with Crippen molar-refractivity contribution in [2.75, 3.05) is 48.4 Å². The van der Waals surface area contributed by atoms with Crippen LogP contribution in [0.15, 0.2) is 18.3 Å². The van der Waals surface area contributed by atoms with Crippen molar-refractivity contribution in [3.63, 3.8) is 0 Å². The van der Waals surface area contributed by atoms with E-state index in [0.717, 1.165) is 63.6 Å². The Morgan fingerprint density at radius 1 is 1.14 bits per heavy atom. The molecule has 0 saturated carbocycles. The Hall–Kier alpha value is -4.04. The molecule has 5 rings (SSSR count). The van der Waals surface area contributed by atoms with Crippen LogP contribution in [0.4, 0.5) is 22.1 Å². The Morgan fingerprint density at radius 3 is 2.57 bits per heavy atom. The van der Waals surface area contributed by atoms with Crippen molar-refractivity contribution in [3.05, 3.63) is 40.7 Å². The number of carbonyl (C=O) groups excluding carboxylic acids is 3. The Labute approximate surface area is 215 Å². The molecule has 2 aromatic heterocycles. The van der Waals surface area contributed by atoms with Crippen LogP contribution in [-0.4, -0.2) is 71.5 Å². The topological polar surface area (TPSA) is 143 Å². The number of rotatable bonds is 5. The first kappa shape index (κ1) is 26.0. The molecule has 2 N–H and O–H groups in total. The Balaban J connectivity index is 0.00000156. The maximum absolute atomic E-state index is 13.2. The van der Waals surface area contributed by atoms with Gasteiger partial charge in [-0.05, 0) is 43.7 Å². The lowest BCUT2D eigenvalue weighted by Crippen LogP contribution is -2.40. The van der Waals surface area contributed by atoms with E-state index in [1.165, 1.54) is 11.1 Å². The molecular weight excluding hydrogens is 474 g/mol. The number of nitrogens with zero attached hydrogens (tertiary/aromatic N) is 6. The predicted molar refractivity (Wildman–Crippen MR) is 138 cm³/mol. The van der Waals surface area contributed by atoms with Gasteiger partial charge in [0.25, 0.3) is 0 Å². The van der Waals surface area contributed by atoms with Gasteiger partial charge in [-0.3, -0.25) is 19.8 Å². The number of aryl methyl sites for hydroxylation is 1. The van der Waals surface area contributed by atoms with Gasteiger partial charge in [0, 0.05) is 64.1 Å². The Kier molecular flexibility index (Phi) is 8.30. The molecule has 2 saturated heterocycles. The molecule has 11 nitrogen and oxygen atoms in total. The second kappa shape index (κ2) is 11.8. The van der Waals surface area contributed by atoms with Gasteiger partial charge >= 0.3 is 6.03 Å². The minimum Gasteiger partial charge on any atom is -0.400 e. The van der Waals surface area contributed by atoms with Crippen LogP contribution in [0.25, 0.3) is 0 Å². The van der Waals surface area contributed by atoms with Crippen LogP contribution in [0.5, 0.6) is 0 Å². The van der Waals surface area contributed by atoms with Crippen molar-refractivity contribution in [1.82, 2.24) is 14.9 Å². The van der Waals surface area contributed by atoms with Gasteiger partial charge in [-0.15, -0.1) is 0 Å². The van der Waals surface area contributed by atoms with E-state index in [0.29, 0.717) is 55.1 Å². The first-order valence-corrected chi connectivity index (χ1v) is 12.5. The van der Waals surface area contributed by atoms with Crippen molar-refractivity contribution in [2.24, 2.45) is 0 Å². The normalized spacial score (nSPS) is 16.6. The lowest BCUT2D eigenvalue weighted by atomic mass is 10.0. The van der Waals surface area contributed by atoms with Gasteiger partial charge in [0.1, 0.15) is 23.4 Å². The summed E-state index contributed by atoms with van der Waals surface area (Å²) in [5.41, 5.74) is 3.09. The largest absolute Gasteiger partial charge is 0.400 e. The highest BCUT2D eigenvalue weighted by atomic mass is 16.2. The molecule has 0 spiro atoms.